The largest absolute Gasteiger partial charge is 0.370 e. The number of piperidine rings is 1. The molecule has 0 radical (unpaired) electrons. The molecule has 0 unspecified atom stereocenters. The van der Waals surface area contributed by atoms with E-state index in [2.05, 4.69) is 29.1 Å². The number of aromatic nitrogens is 2. The summed E-state index contributed by atoms with van der Waals surface area (Å²) >= 11 is 0. The van der Waals surface area contributed by atoms with Crippen LogP contribution in [0.25, 0.3) is 5.52 Å². The van der Waals surface area contributed by atoms with Crippen LogP contribution >= 0.6 is 0 Å². The van der Waals surface area contributed by atoms with E-state index in [-0.39, 0.29) is 5.41 Å². The van der Waals surface area contributed by atoms with Crippen LogP contribution in [0.15, 0.2) is 30.6 Å². The predicted octanol–water partition coefficient (Wildman–Crippen LogP) is 2.46. The Kier molecular flexibility index (Phi) is 2.48. The average molecular weight is 240 g/mol. The van der Waals surface area contributed by atoms with Crippen molar-refractivity contribution >= 4 is 11.2 Å². The van der Waals surface area contributed by atoms with Gasteiger partial charge in [-0.25, -0.2) is 4.52 Å². The van der Waals surface area contributed by atoms with Gasteiger partial charge in [0.15, 0.2) is 0 Å². The maximum atomic E-state index is 9.16. The van der Waals surface area contributed by atoms with Crippen molar-refractivity contribution < 1.29 is 0 Å². The standard InChI is InChI=1S/C14H16N4/c1-14(11-15)5-9-17(10-6-14)12-3-2-8-18-13(12)4-7-16-18/h2-4,7-8H,5-6,9-10H2,1H3. The number of fused-ring (bicyclic) bond motifs is 1. The van der Waals surface area contributed by atoms with E-state index in [0.29, 0.717) is 0 Å². The Labute approximate surface area is 106 Å². The van der Waals surface area contributed by atoms with Gasteiger partial charge in [-0.2, -0.15) is 10.4 Å². The van der Waals surface area contributed by atoms with Crippen LogP contribution in [0.5, 0.6) is 0 Å². The first-order valence-electron chi connectivity index (χ1n) is 6.30. The second-order valence-corrected chi connectivity index (χ2v) is 5.21. The molecule has 2 aromatic rings. The monoisotopic (exact) mass is 240 g/mol. The zero-order valence-electron chi connectivity index (χ0n) is 10.5. The molecule has 0 spiro atoms. The highest BCUT2D eigenvalue weighted by Crippen LogP contribution is 2.33. The van der Waals surface area contributed by atoms with Gasteiger partial charge in [-0.1, -0.05) is 0 Å². The summed E-state index contributed by atoms with van der Waals surface area (Å²) < 4.78 is 1.90. The molecule has 0 atom stereocenters. The Balaban J connectivity index is 1.89. The van der Waals surface area contributed by atoms with Crippen molar-refractivity contribution in [3.8, 4) is 6.07 Å². The SMILES string of the molecule is CC1(C#N)CCN(c2cccn3nccc23)CC1. The first-order chi connectivity index (χ1) is 8.72. The lowest BCUT2D eigenvalue weighted by atomic mass is 9.82. The van der Waals surface area contributed by atoms with Crippen molar-refractivity contribution in [1.29, 1.82) is 5.26 Å². The first kappa shape index (κ1) is 11.1. The summed E-state index contributed by atoms with van der Waals surface area (Å²) in [6, 6.07) is 8.63. The Morgan fingerprint density at radius 2 is 2.11 bits per heavy atom. The normalized spacial score (nSPS) is 18.8. The Bertz CT molecular complexity index is 600. The molecule has 1 aliphatic rings. The van der Waals surface area contributed by atoms with Crippen LogP contribution in [-0.4, -0.2) is 22.7 Å². The van der Waals surface area contributed by atoms with Crippen LogP contribution in [-0.2, 0) is 0 Å². The lowest BCUT2D eigenvalue weighted by Gasteiger charge is -2.36. The number of rotatable bonds is 1. The van der Waals surface area contributed by atoms with Gasteiger partial charge in [-0.3, -0.25) is 0 Å². The fraction of sp³-hybridized carbons (Fsp3) is 0.429. The van der Waals surface area contributed by atoms with E-state index in [0.717, 1.165) is 31.4 Å². The summed E-state index contributed by atoms with van der Waals surface area (Å²) in [7, 11) is 0. The van der Waals surface area contributed by atoms with Crippen LogP contribution in [0.2, 0.25) is 0 Å². The molecule has 1 aliphatic heterocycles. The van der Waals surface area contributed by atoms with Crippen LogP contribution in [0.4, 0.5) is 5.69 Å². The molecule has 4 heteroatoms. The Morgan fingerprint density at radius 3 is 2.83 bits per heavy atom. The number of nitriles is 1. The van der Waals surface area contributed by atoms with Crippen molar-refractivity contribution in [3.05, 3.63) is 30.6 Å². The second-order valence-electron chi connectivity index (χ2n) is 5.21. The predicted molar refractivity (Wildman–Crippen MR) is 70.4 cm³/mol. The first-order valence-corrected chi connectivity index (χ1v) is 6.30. The third-order valence-electron chi connectivity index (χ3n) is 3.89. The van der Waals surface area contributed by atoms with Gasteiger partial charge in [0.1, 0.15) is 0 Å². The van der Waals surface area contributed by atoms with Gasteiger partial charge in [0.05, 0.1) is 28.9 Å². The number of pyridine rings is 1. The molecule has 18 heavy (non-hydrogen) atoms. The molecule has 0 aromatic carbocycles. The van der Waals surface area contributed by atoms with Gasteiger partial charge in [0, 0.05) is 19.3 Å². The van der Waals surface area contributed by atoms with E-state index in [1.54, 1.807) is 0 Å². The van der Waals surface area contributed by atoms with E-state index < -0.39 is 0 Å². The zero-order chi connectivity index (χ0) is 12.6. The molecule has 3 rings (SSSR count). The lowest BCUT2D eigenvalue weighted by molar-refractivity contribution is 0.337. The zero-order valence-corrected chi connectivity index (χ0v) is 10.5. The van der Waals surface area contributed by atoms with E-state index in [1.165, 1.54) is 5.69 Å². The Morgan fingerprint density at radius 1 is 1.33 bits per heavy atom. The van der Waals surface area contributed by atoms with Gasteiger partial charge < -0.3 is 4.90 Å². The summed E-state index contributed by atoms with van der Waals surface area (Å²) in [4.78, 5) is 2.36. The van der Waals surface area contributed by atoms with Gasteiger partial charge >= 0.3 is 0 Å². The molecule has 2 aromatic heterocycles. The van der Waals surface area contributed by atoms with E-state index in [9.17, 15) is 0 Å². The smallest absolute Gasteiger partial charge is 0.0894 e. The number of anilines is 1. The molecule has 0 amide bonds. The molecule has 3 heterocycles. The molecule has 1 fully saturated rings. The Hall–Kier alpha value is -2.02. The summed E-state index contributed by atoms with van der Waals surface area (Å²) in [5.41, 5.74) is 2.20. The molecule has 0 aliphatic carbocycles. The average Bonchev–Trinajstić information content (AvgIpc) is 2.88. The third-order valence-corrected chi connectivity index (χ3v) is 3.89. The van der Waals surface area contributed by atoms with E-state index >= 15 is 0 Å². The van der Waals surface area contributed by atoms with Crippen molar-refractivity contribution in [3.63, 3.8) is 0 Å². The molecule has 0 N–H and O–H groups in total. The number of hydrogen-bond acceptors (Lipinski definition) is 3. The van der Waals surface area contributed by atoms with Gasteiger partial charge in [-0.05, 0) is 38.0 Å². The molecule has 4 nitrogen and oxygen atoms in total. The molecule has 92 valence electrons. The highest BCUT2D eigenvalue weighted by Gasteiger charge is 2.30. The van der Waals surface area contributed by atoms with E-state index in [1.807, 2.05) is 29.0 Å². The lowest BCUT2D eigenvalue weighted by Crippen LogP contribution is -2.38. The minimum absolute atomic E-state index is 0.151. The number of hydrogen-bond donors (Lipinski definition) is 0. The van der Waals surface area contributed by atoms with Crippen molar-refractivity contribution in [1.82, 2.24) is 9.61 Å². The van der Waals surface area contributed by atoms with Crippen LogP contribution in [0, 0.1) is 16.7 Å². The van der Waals surface area contributed by atoms with Crippen LogP contribution in [0.3, 0.4) is 0 Å². The molecule has 1 saturated heterocycles. The van der Waals surface area contributed by atoms with Crippen LogP contribution < -0.4 is 4.90 Å². The summed E-state index contributed by atoms with van der Waals surface area (Å²) in [5, 5.41) is 13.4. The minimum Gasteiger partial charge on any atom is -0.370 e. The summed E-state index contributed by atoms with van der Waals surface area (Å²) in [6.07, 6.45) is 5.64. The second kappa shape index (κ2) is 4.02. The number of nitrogens with zero attached hydrogens (tertiary/aromatic N) is 4. The highest BCUT2D eigenvalue weighted by molar-refractivity contribution is 5.72. The molecule has 0 saturated carbocycles. The molecular formula is C14H16N4. The maximum absolute atomic E-state index is 9.16. The van der Waals surface area contributed by atoms with E-state index in [4.69, 9.17) is 5.26 Å². The summed E-state index contributed by atoms with van der Waals surface area (Å²) in [5.74, 6) is 0. The van der Waals surface area contributed by atoms with Gasteiger partial charge in [0.2, 0.25) is 0 Å². The quantitative estimate of drug-likeness (QED) is 0.769. The minimum atomic E-state index is -0.151. The summed E-state index contributed by atoms with van der Waals surface area (Å²) in [6.45, 7) is 3.94. The van der Waals surface area contributed by atoms with Gasteiger partial charge in [-0.15, -0.1) is 0 Å². The molecule has 0 bridgehead atoms. The molecular weight excluding hydrogens is 224 g/mol. The van der Waals surface area contributed by atoms with Crippen LogP contribution in [0.1, 0.15) is 19.8 Å². The van der Waals surface area contributed by atoms with Crippen molar-refractivity contribution in [2.24, 2.45) is 5.41 Å². The van der Waals surface area contributed by atoms with Gasteiger partial charge in [0.25, 0.3) is 0 Å². The fourth-order valence-corrected chi connectivity index (χ4v) is 2.56. The fourth-order valence-electron chi connectivity index (χ4n) is 2.56. The highest BCUT2D eigenvalue weighted by atomic mass is 15.2. The topological polar surface area (TPSA) is 44.3 Å². The van der Waals surface area contributed by atoms with Crippen molar-refractivity contribution in [2.75, 3.05) is 18.0 Å². The van der Waals surface area contributed by atoms with Crippen molar-refractivity contribution in [2.45, 2.75) is 19.8 Å². The maximum Gasteiger partial charge on any atom is 0.0894 e. The third kappa shape index (κ3) is 1.72.